The van der Waals surface area contributed by atoms with Gasteiger partial charge in [0.25, 0.3) is 0 Å². The van der Waals surface area contributed by atoms with Crippen LogP contribution in [0.1, 0.15) is 31.1 Å². The number of nitrogens with zero attached hydrogens (tertiary/aromatic N) is 2. The smallest absolute Gasteiger partial charge is 0.225 e. The van der Waals surface area contributed by atoms with E-state index in [0.717, 1.165) is 21.3 Å². The zero-order valence-electron chi connectivity index (χ0n) is 12.8. The number of rotatable bonds is 5. The Morgan fingerprint density at radius 3 is 3.00 bits per heavy atom. The van der Waals surface area contributed by atoms with E-state index in [9.17, 15) is 0 Å². The van der Waals surface area contributed by atoms with Crippen LogP contribution >= 0.6 is 23.1 Å². The molecule has 21 heavy (non-hydrogen) atoms. The molecule has 0 radical (unpaired) electrons. The Labute approximate surface area is 134 Å². The second kappa shape index (κ2) is 6.40. The summed E-state index contributed by atoms with van der Waals surface area (Å²) in [5.74, 6) is 2.90. The first-order valence-electron chi connectivity index (χ1n) is 7.53. The van der Waals surface area contributed by atoms with E-state index in [1.807, 2.05) is 7.05 Å². The van der Waals surface area contributed by atoms with Crippen molar-refractivity contribution in [3.63, 3.8) is 0 Å². The first-order valence-corrected chi connectivity index (χ1v) is 9.40. The van der Waals surface area contributed by atoms with Gasteiger partial charge in [-0.15, -0.1) is 11.3 Å². The van der Waals surface area contributed by atoms with Gasteiger partial charge in [0, 0.05) is 23.2 Å². The van der Waals surface area contributed by atoms with Crippen molar-refractivity contribution in [2.45, 2.75) is 44.4 Å². The van der Waals surface area contributed by atoms with Gasteiger partial charge in [-0.3, -0.25) is 0 Å². The van der Waals surface area contributed by atoms with Crippen LogP contribution in [0.2, 0.25) is 0 Å². The SMILES string of the molecule is CCSC1CCC(Nc2nc(NC)nc3sc(C)cc23)C1. The minimum atomic E-state index is 0.539. The molecule has 2 aromatic heterocycles. The molecule has 114 valence electrons. The first-order chi connectivity index (χ1) is 10.2. The van der Waals surface area contributed by atoms with Crippen molar-refractivity contribution in [2.24, 2.45) is 0 Å². The number of hydrogen-bond donors (Lipinski definition) is 2. The minimum absolute atomic E-state index is 0.539. The van der Waals surface area contributed by atoms with Gasteiger partial charge in [0.2, 0.25) is 5.95 Å². The van der Waals surface area contributed by atoms with Gasteiger partial charge < -0.3 is 10.6 Å². The summed E-state index contributed by atoms with van der Waals surface area (Å²) in [7, 11) is 1.87. The molecule has 4 nitrogen and oxygen atoms in total. The molecule has 1 aliphatic carbocycles. The summed E-state index contributed by atoms with van der Waals surface area (Å²) in [6, 6.07) is 2.73. The Morgan fingerprint density at radius 1 is 1.38 bits per heavy atom. The monoisotopic (exact) mass is 322 g/mol. The van der Waals surface area contributed by atoms with Gasteiger partial charge in [0.15, 0.2) is 0 Å². The van der Waals surface area contributed by atoms with E-state index in [1.54, 1.807) is 11.3 Å². The average molecular weight is 323 g/mol. The predicted molar refractivity (Wildman–Crippen MR) is 94.9 cm³/mol. The number of anilines is 2. The lowest BCUT2D eigenvalue weighted by Gasteiger charge is -2.15. The highest BCUT2D eigenvalue weighted by Crippen LogP contribution is 2.34. The van der Waals surface area contributed by atoms with E-state index in [1.165, 1.54) is 29.9 Å². The maximum atomic E-state index is 4.63. The van der Waals surface area contributed by atoms with Crippen LogP contribution in [-0.4, -0.2) is 34.1 Å². The van der Waals surface area contributed by atoms with Gasteiger partial charge in [-0.1, -0.05) is 6.92 Å². The molecule has 0 aliphatic heterocycles. The quantitative estimate of drug-likeness (QED) is 0.867. The molecule has 0 amide bonds. The highest BCUT2D eigenvalue weighted by molar-refractivity contribution is 7.99. The molecule has 1 saturated carbocycles. The van der Waals surface area contributed by atoms with Gasteiger partial charge in [-0.25, -0.2) is 4.98 Å². The molecule has 1 fully saturated rings. The first kappa shape index (κ1) is 14.9. The fourth-order valence-electron chi connectivity index (χ4n) is 2.92. The summed E-state index contributed by atoms with van der Waals surface area (Å²) in [4.78, 5) is 11.5. The van der Waals surface area contributed by atoms with Gasteiger partial charge in [-0.2, -0.15) is 16.7 Å². The fourth-order valence-corrected chi connectivity index (χ4v) is 4.94. The van der Waals surface area contributed by atoms with Crippen LogP contribution in [0.4, 0.5) is 11.8 Å². The Bertz CT molecular complexity index is 625. The molecule has 2 heterocycles. The number of aromatic nitrogens is 2. The van der Waals surface area contributed by atoms with Gasteiger partial charge >= 0.3 is 0 Å². The van der Waals surface area contributed by atoms with E-state index in [2.05, 4.69) is 52.3 Å². The van der Waals surface area contributed by atoms with Crippen LogP contribution in [0.5, 0.6) is 0 Å². The molecular formula is C15H22N4S2. The van der Waals surface area contributed by atoms with Crippen LogP contribution in [0.3, 0.4) is 0 Å². The van der Waals surface area contributed by atoms with Crippen molar-refractivity contribution in [3.8, 4) is 0 Å². The molecule has 2 unspecified atom stereocenters. The van der Waals surface area contributed by atoms with Crippen molar-refractivity contribution in [2.75, 3.05) is 23.4 Å². The van der Waals surface area contributed by atoms with Crippen molar-refractivity contribution in [1.29, 1.82) is 0 Å². The summed E-state index contributed by atoms with van der Waals surface area (Å²) in [6.07, 6.45) is 3.79. The van der Waals surface area contributed by atoms with Crippen molar-refractivity contribution in [1.82, 2.24) is 9.97 Å². The number of fused-ring (bicyclic) bond motifs is 1. The third-order valence-corrected chi connectivity index (χ3v) is 6.04. The van der Waals surface area contributed by atoms with E-state index >= 15 is 0 Å². The fraction of sp³-hybridized carbons (Fsp3) is 0.600. The van der Waals surface area contributed by atoms with Gasteiger partial charge in [0.1, 0.15) is 10.6 Å². The second-order valence-corrected chi connectivity index (χ2v) is 8.27. The van der Waals surface area contributed by atoms with Crippen LogP contribution in [0.15, 0.2) is 6.07 Å². The van der Waals surface area contributed by atoms with Crippen molar-refractivity contribution >= 4 is 45.1 Å². The lowest BCUT2D eigenvalue weighted by molar-refractivity contribution is 0.753. The summed E-state index contributed by atoms with van der Waals surface area (Å²) >= 11 is 3.81. The van der Waals surface area contributed by atoms with Crippen molar-refractivity contribution < 1.29 is 0 Å². The third kappa shape index (κ3) is 3.26. The maximum Gasteiger partial charge on any atom is 0.225 e. The topological polar surface area (TPSA) is 49.8 Å². The largest absolute Gasteiger partial charge is 0.367 e. The summed E-state index contributed by atoms with van der Waals surface area (Å²) in [5, 5.41) is 8.68. The van der Waals surface area contributed by atoms with Crippen LogP contribution in [-0.2, 0) is 0 Å². The number of thiophene rings is 1. The normalized spacial score (nSPS) is 21.9. The van der Waals surface area contributed by atoms with E-state index in [4.69, 9.17) is 0 Å². The van der Waals surface area contributed by atoms with E-state index < -0.39 is 0 Å². The van der Waals surface area contributed by atoms with Gasteiger partial charge in [0.05, 0.1) is 5.39 Å². The number of thioether (sulfide) groups is 1. The van der Waals surface area contributed by atoms with Crippen LogP contribution < -0.4 is 10.6 Å². The highest BCUT2D eigenvalue weighted by atomic mass is 32.2. The lowest BCUT2D eigenvalue weighted by atomic mass is 10.2. The maximum absolute atomic E-state index is 4.63. The standard InChI is InChI=1S/C15H22N4S2/c1-4-20-11-6-5-10(8-11)17-13-12-7-9(2)21-14(12)19-15(16-3)18-13/h7,10-11H,4-6,8H2,1-3H3,(H2,16,17,18,19). The van der Waals surface area contributed by atoms with Crippen LogP contribution in [0, 0.1) is 6.92 Å². The number of hydrogen-bond acceptors (Lipinski definition) is 6. The molecule has 0 bridgehead atoms. The highest BCUT2D eigenvalue weighted by Gasteiger charge is 2.25. The zero-order valence-corrected chi connectivity index (χ0v) is 14.4. The molecule has 2 N–H and O–H groups in total. The van der Waals surface area contributed by atoms with E-state index in [0.29, 0.717) is 12.0 Å². The minimum Gasteiger partial charge on any atom is -0.367 e. The second-order valence-electron chi connectivity index (χ2n) is 5.45. The molecule has 2 aromatic rings. The molecular weight excluding hydrogens is 300 g/mol. The third-order valence-electron chi connectivity index (χ3n) is 3.87. The summed E-state index contributed by atoms with van der Waals surface area (Å²) in [6.45, 7) is 4.37. The van der Waals surface area contributed by atoms with Crippen LogP contribution in [0.25, 0.3) is 10.2 Å². The Morgan fingerprint density at radius 2 is 2.24 bits per heavy atom. The number of aryl methyl sites for hydroxylation is 1. The molecule has 0 aromatic carbocycles. The Balaban J connectivity index is 1.83. The summed E-state index contributed by atoms with van der Waals surface area (Å²) < 4.78 is 0. The predicted octanol–water partition coefficient (Wildman–Crippen LogP) is 4.13. The Hall–Kier alpha value is -1.01. The van der Waals surface area contributed by atoms with E-state index in [-0.39, 0.29) is 0 Å². The zero-order chi connectivity index (χ0) is 14.8. The lowest BCUT2D eigenvalue weighted by Crippen LogP contribution is -2.17. The Kier molecular flexibility index (Phi) is 4.54. The molecule has 0 saturated heterocycles. The molecule has 6 heteroatoms. The van der Waals surface area contributed by atoms with Gasteiger partial charge in [-0.05, 0) is 38.0 Å². The van der Waals surface area contributed by atoms with Crippen molar-refractivity contribution in [3.05, 3.63) is 10.9 Å². The molecule has 0 spiro atoms. The molecule has 2 atom stereocenters. The average Bonchev–Trinajstić information content (AvgIpc) is 3.05. The molecule has 1 aliphatic rings. The number of nitrogens with one attached hydrogen (secondary N) is 2. The summed E-state index contributed by atoms with van der Waals surface area (Å²) in [5.41, 5.74) is 0. The molecule has 3 rings (SSSR count).